The molecular formula is C11H12ClFO3S. The molecule has 0 spiro atoms. The molecule has 1 aromatic rings. The summed E-state index contributed by atoms with van der Waals surface area (Å²) in [5, 5.41) is 0. The molecule has 94 valence electrons. The fourth-order valence-corrected chi connectivity index (χ4v) is 2.64. The van der Waals surface area contributed by atoms with Crippen LogP contribution >= 0.6 is 10.7 Å². The van der Waals surface area contributed by atoms with Gasteiger partial charge in [-0.1, -0.05) is 6.42 Å². The summed E-state index contributed by atoms with van der Waals surface area (Å²) >= 11 is 0. The normalized spacial score (nSPS) is 16.6. The molecular weight excluding hydrogens is 267 g/mol. The van der Waals surface area contributed by atoms with Crippen LogP contribution in [0.2, 0.25) is 0 Å². The van der Waals surface area contributed by atoms with Gasteiger partial charge >= 0.3 is 0 Å². The number of halogens is 2. The van der Waals surface area contributed by atoms with Crippen LogP contribution in [0.15, 0.2) is 23.1 Å². The lowest BCUT2D eigenvalue weighted by atomic mass is 9.86. The van der Waals surface area contributed by atoms with Crippen molar-refractivity contribution in [3.8, 4) is 5.75 Å². The summed E-state index contributed by atoms with van der Waals surface area (Å²) in [4.78, 5) is -0.307. The highest BCUT2D eigenvalue weighted by Gasteiger charge is 2.21. The first kappa shape index (κ1) is 12.6. The van der Waals surface area contributed by atoms with E-state index in [0.717, 1.165) is 25.0 Å². The molecule has 3 nitrogen and oxygen atoms in total. The van der Waals surface area contributed by atoms with E-state index < -0.39 is 14.9 Å². The van der Waals surface area contributed by atoms with E-state index in [4.69, 9.17) is 15.4 Å². The van der Waals surface area contributed by atoms with Crippen LogP contribution in [0.25, 0.3) is 0 Å². The number of hydrogen-bond acceptors (Lipinski definition) is 3. The Balaban J connectivity index is 2.19. The van der Waals surface area contributed by atoms with Crippen LogP contribution < -0.4 is 4.74 Å². The number of ether oxygens (including phenoxy) is 1. The zero-order chi connectivity index (χ0) is 12.5. The van der Waals surface area contributed by atoms with Gasteiger partial charge in [0.05, 0.1) is 6.61 Å². The molecule has 1 saturated carbocycles. The maximum atomic E-state index is 13.0. The summed E-state index contributed by atoms with van der Waals surface area (Å²) < 4.78 is 40.9. The van der Waals surface area contributed by atoms with Crippen molar-refractivity contribution in [1.82, 2.24) is 0 Å². The van der Waals surface area contributed by atoms with E-state index in [1.165, 1.54) is 12.5 Å². The third-order valence-electron chi connectivity index (χ3n) is 2.87. The highest BCUT2D eigenvalue weighted by atomic mass is 35.7. The van der Waals surface area contributed by atoms with Crippen molar-refractivity contribution in [2.75, 3.05) is 6.61 Å². The van der Waals surface area contributed by atoms with Crippen LogP contribution in [0.1, 0.15) is 19.3 Å². The van der Waals surface area contributed by atoms with E-state index in [9.17, 15) is 12.8 Å². The number of rotatable bonds is 4. The molecule has 1 fully saturated rings. The Hall–Kier alpha value is -0.810. The number of hydrogen-bond donors (Lipinski definition) is 0. The molecule has 2 rings (SSSR count). The average molecular weight is 279 g/mol. The number of benzene rings is 1. The van der Waals surface area contributed by atoms with Gasteiger partial charge in [0.15, 0.2) is 0 Å². The molecule has 0 N–H and O–H groups in total. The van der Waals surface area contributed by atoms with Crippen molar-refractivity contribution in [3.63, 3.8) is 0 Å². The molecule has 0 saturated heterocycles. The quantitative estimate of drug-likeness (QED) is 0.796. The van der Waals surface area contributed by atoms with E-state index in [1.54, 1.807) is 0 Å². The van der Waals surface area contributed by atoms with E-state index in [1.807, 2.05) is 0 Å². The second kappa shape index (κ2) is 4.82. The maximum absolute atomic E-state index is 13.0. The molecule has 1 aromatic carbocycles. The van der Waals surface area contributed by atoms with E-state index in [-0.39, 0.29) is 10.6 Å². The zero-order valence-electron chi connectivity index (χ0n) is 9.03. The average Bonchev–Trinajstić information content (AvgIpc) is 2.16. The third kappa shape index (κ3) is 3.10. The van der Waals surface area contributed by atoms with Gasteiger partial charge in [0.1, 0.15) is 16.5 Å². The summed E-state index contributed by atoms with van der Waals surface area (Å²) in [5.41, 5.74) is 0. The van der Waals surface area contributed by atoms with Crippen molar-refractivity contribution in [3.05, 3.63) is 24.0 Å². The van der Waals surface area contributed by atoms with Crippen molar-refractivity contribution in [2.24, 2.45) is 5.92 Å². The molecule has 0 unspecified atom stereocenters. The lowest BCUT2D eigenvalue weighted by molar-refractivity contribution is 0.177. The van der Waals surface area contributed by atoms with Crippen molar-refractivity contribution < 1.29 is 17.5 Å². The van der Waals surface area contributed by atoms with Crippen LogP contribution in [0, 0.1) is 11.7 Å². The SMILES string of the molecule is O=S(=O)(Cl)c1cc(F)ccc1OCC1CCC1. The minimum absolute atomic E-state index is 0.119. The standard InChI is InChI=1S/C11H12ClFO3S/c12-17(14,15)11-6-9(13)4-5-10(11)16-7-8-2-1-3-8/h4-6,8H,1-3,7H2. The summed E-state index contributed by atoms with van der Waals surface area (Å²) in [7, 11) is 1.24. The van der Waals surface area contributed by atoms with E-state index in [2.05, 4.69) is 0 Å². The molecule has 0 aliphatic heterocycles. The fraction of sp³-hybridized carbons (Fsp3) is 0.455. The molecule has 0 radical (unpaired) electrons. The first-order valence-corrected chi connectivity index (χ1v) is 7.65. The minimum atomic E-state index is -3.99. The summed E-state index contributed by atoms with van der Waals surface area (Å²) in [6.45, 7) is 0.449. The Morgan fingerprint density at radius 2 is 2.12 bits per heavy atom. The molecule has 0 amide bonds. The van der Waals surface area contributed by atoms with Gasteiger partial charge in [0.2, 0.25) is 0 Å². The Morgan fingerprint density at radius 3 is 2.65 bits per heavy atom. The predicted octanol–water partition coefficient (Wildman–Crippen LogP) is 2.93. The highest BCUT2D eigenvalue weighted by molar-refractivity contribution is 8.13. The van der Waals surface area contributed by atoms with Gasteiger partial charge in [0, 0.05) is 10.7 Å². The molecule has 1 aliphatic rings. The zero-order valence-corrected chi connectivity index (χ0v) is 10.6. The Morgan fingerprint density at radius 1 is 1.41 bits per heavy atom. The molecule has 0 bridgehead atoms. The summed E-state index contributed by atoms with van der Waals surface area (Å²) in [6, 6.07) is 3.32. The van der Waals surface area contributed by atoms with Crippen LogP contribution in [0.5, 0.6) is 5.75 Å². The fourth-order valence-electron chi connectivity index (χ4n) is 1.66. The topological polar surface area (TPSA) is 43.4 Å². The summed E-state index contributed by atoms with van der Waals surface area (Å²) in [5.74, 6) is -0.0700. The van der Waals surface area contributed by atoms with E-state index in [0.29, 0.717) is 12.5 Å². The van der Waals surface area contributed by atoms with Gasteiger partial charge in [-0.05, 0) is 37.0 Å². The molecule has 0 heterocycles. The Kier molecular flexibility index (Phi) is 3.58. The van der Waals surface area contributed by atoms with Crippen molar-refractivity contribution in [2.45, 2.75) is 24.2 Å². The molecule has 17 heavy (non-hydrogen) atoms. The highest BCUT2D eigenvalue weighted by Crippen LogP contribution is 2.31. The van der Waals surface area contributed by atoms with Crippen LogP contribution in [-0.2, 0) is 9.05 Å². The van der Waals surface area contributed by atoms with Crippen molar-refractivity contribution in [1.29, 1.82) is 0 Å². The first-order valence-electron chi connectivity index (χ1n) is 5.34. The smallest absolute Gasteiger partial charge is 0.265 e. The predicted molar refractivity (Wildman–Crippen MR) is 62.3 cm³/mol. The molecule has 0 aromatic heterocycles. The largest absolute Gasteiger partial charge is 0.492 e. The molecule has 1 aliphatic carbocycles. The van der Waals surface area contributed by atoms with Crippen molar-refractivity contribution >= 4 is 19.7 Å². The second-order valence-corrected chi connectivity index (χ2v) is 6.67. The maximum Gasteiger partial charge on any atom is 0.265 e. The minimum Gasteiger partial charge on any atom is -0.492 e. The van der Waals surface area contributed by atoms with Gasteiger partial charge in [0.25, 0.3) is 9.05 Å². The Labute approximate surface area is 104 Å². The lowest BCUT2D eigenvalue weighted by Crippen LogP contribution is -2.19. The summed E-state index contributed by atoms with van der Waals surface area (Å²) in [6.07, 6.45) is 3.35. The van der Waals surface area contributed by atoms with Gasteiger partial charge in [-0.15, -0.1) is 0 Å². The van der Waals surface area contributed by atoms with Gasteiger partial charge in [-0.2, -0.15) is 0 Å². The lowest BCUT2D eigenvalue weighted by Gasteiger charge is -2.25. The van der Waals surface area contributed by atoms with Gasteiger partial charge < -0.3 is 4.74 Å². The second-order valence-electron chi connectivity index (χ2n) is 4.14. The van der Waals surface area contributed by atoms with Gasteiger partial charge in [-0.3, -0.25) is 0 Å². The van der Waals surface area contributed by atoms with E-state index >= 15 is 0 Å². The van der Waals surface area contributed by atoms with Crippen LogP contribution in [0.4, 0.5) is 4.39 Å². The monoisotopic (exact) mass is 278 g/mol. The molecule has 0 atom stereocenters. The molecule has 6 heteroatoms. The third-order valence-corrected chi connectivity index (χ3v) is 4.21. The Bertz CT molecular complexity index is 511. The van der Waals surface area contributed by atoms with Crippen LogP contribution in [0.3, 0.4) is 0 Å². The van der Waals surface area contributed by atoms with Crippen LogP contribution in [-0.4, -0.2) is 15.0 Å². The van der Waals surface area contributed by atoms with Gasteiger partial charge in [-0.25, -0.2) is 12.8 Å². The first-order chi connectivity index (χ1) is 7.97.